The molecule has 0 aliphatic heterocycles. The van der Waals surface area contributed by atoms with Crippen molar-refractivity contribution in [1.29, 1.82) is 0 Å². The SMILES string of the molecule is COc1ccc(C)cc1S(=O)(=O)NCC(C)(O)CSC. The Morgan fingerprint density at radius 3 is 2.65 bits per heavy atom. The molecule has 0 fully saturated rings. The Hall–Kier alpha value is -0.760. The molecule has 0 radical (unpaired) electrons. The Labute approximate surface area is 124 Å². The summed E-state index contributed by atoms with van der Waals surface area (Å²) in [7, 11) is -2.30. The maximum Gasteiger partial charge on any atom is 0.244 e. The van der Waals surface area contributed by atoms with Crippen LogP contribution in [0.5, 0.6) is 5.75 Å². The number of methoxy groups -OCH3 is 1. The van der Waals surface area contributed by atoms with Crippen molar-refractivity contribution in [3.63, 3.8) is 0 Å². The van der Waals surface area contributed by atoms with Crippen LogP contribution in [0.2, 0.25) is 0 Å². The van der Waals surface area contributed by atoms with Crippen LogP contribution in [-0.2, 0) is 10.0 Å². The summed E-state index contributed by atoms with van der Waals surface area (Å²) < 4.78 is 32.1. The number of sulfonamides is 1. The first kappa shape index (κ1) is 17.3. The molecule has 1 aromatic rings. The average Bonchev–Trinajstić information content (AvgIpc) is 2.37. The number of aryl methyl sites for hydroxylation is 1. The average molecular weight is 319 g/mol. The summed E-state index contributed by atoms with van der Waals surface area (Å²) in [5.41, 5.74) is -0.272. The van der Waals surface area contributed by atoms with Crippen LogP contribution in [0, 0.1) is 6.92 Å². The molecule has 0 amide bonds. The Kier molecular flexibility index (Phi) is 5.88. The molecule has 0 spiro atoms. The summed E-state index contributed by atoms with van der Waals surface area (Å²) in [6.07, 6.45) is 1.85. The van der Waals surface area contributed by atoms with E-state index in [-0.39, 0.29) is 17.2 Å². The monoisotopic (exact) mass is 319 g/mol. The highest BCUT2D eigenvalue weighted by atomic mass is 32.2. The second-order valence-electron chi connectivity index (χ2n) is 4.91. The number of thioether (sulfide) groups is 1. The standard InChI is InChI=1S/C13H21NO4S2/c1-10-5-6-11(18-3)12(7-10)20(16,17)14-8-13(2,15)9-19-4/h5-7,14-15H,8-9H2,1-4H3. The van der Waals surface area contributed by atoms with Crippen molar-refractivity contribution in [2.24, 2.45) is 0 Å². The number of aliphatic hydroxyl groups is 1. The zero-order valence-corrected chi connectivity index (χ0v) is 13.8. The van der Waals surface area contributed by atoms with Crippen LogP contribution in [0.1, 0.15) is 12.5 Å². The predicted molar refractivity (Wildman–Crippen MR) is 81.9 cm³/mol. The molecule has 1 aromatic carbocycles. The highest BCUT2D eigenvalue weighted by Gasteiger charge is 2.25. The van der Waals surface area contributed by atoms with Gasteiger partial charge in [0.2, 0.25) is 10.0 Å². The van der Waals surface area contributed by atoms with E-state index in [2.05, 4.69) is 4.72 Å². The Bertz CT molecular complexity index is 555. The van der Waals surface area contributed by atoms with Crippen LogP contribution >= 0.6 is 11.8 Å². The summed E-state index contributed by atoms with van der Waals surface area (Å²) in [6, 6.07) is 4.94. The lowest BCUT2D eigenvalue weighted by atomic mass is 10.1. The molecular weight excluding hydrogens is 298 g/mol. The molecule has 114 valence electrons. The smallest absolute Gasteiger partial charge is 0.244 e. The Morgan fingerprint density at radius 1 is 1.45 bits per heavy atom. The molecule has 20 heavy (non-hydrogen) atoms. The van der Waals surface area contributed by atoms with Crippen LogP contribution in [-0.4, -0.2) is 44.8 Å². The van der Waals surface area contributed by atoms with Gasteiger partial charge < -0.3 is 9.84 Å². The lowest BCUT2D eigenvalue weighted by Gasteiger charge is -2.22. The van der Waals surface area contributed by atoms with E-state index in [1.54, 1.807) is 25.1 Å². The maximum atomic E-state index is 12.3. The predicted octanol–water partition coefficient (Wildman–Crippen LogP) is 1.40. The van der Waals surface area contributed by atoms with Gasteiger partial charge in [0.1, 0.15) is 10.6 Å². The number of ether oxygens (including phenoxy) is 1. The molecule has 0 saturated heterocycles. The molecule has 7 heteroatoms. The fourth-order valence-corrected chi connectivity index (χ4v) is 3.82. The third-order valence-electron chi connectivity index (χ3n) is 2.71. The van der Waals surface area contributed by atoms with Gasteiger partial charge in [-0.05, 0) is 37.8 Å². The normalized spacial score (nSPS) is 14.8. The molecule has 1 unspecified atom stereocenters. The van der Waals surface area contributed by atoms with Gasteiger partial charge in [0, 0.05) is 12.3 Å². The molecule has 1 rings (SSSR count). The van der Waals surface area contributed by atoms with Crippen molar-refractivity contribution >= 4 is 21.8 Å². The van der Waals surface area contributed by atoms with Crippen molar-refractivity contribution in [3.05, 3.63) is 23.8 Å². The summed E-state index contributed by atoms with van der Waals surface area (Å²) in [5.74, 6) is 0.730. The van der Waals surface area contributed by atoms with E-state index in [0.717, 1.165) is 5.56 Å². The number of hydrogen-bond acceptors (Lipinski definition) is 5. The second kappa shape index (κ2) is 6.80. The molecule has 0 aliphatic rings. The van der Waals surface area contributed by atoms with Crippen molar-refractivity contribution in [2.75, 3.05) is 25.7 Å². The van der Waals surface area contributed by atoms with E-state index in [9.17, 15) is 13.5 Å². The molecule has 0 aliphatic carbocycles. The summed E-state index contributed by atoms with van der Waals surface area (Å²) in [6.45, 7) is 3.36. The minimum absolute atomic E-state index is 0.0483. The number of hydrogen-bond donors (Lipinski definition) is 2. The minimum atomic E-state index is -3.72. The van der Waals surface area contributed by atoms with Crippen molar-refractivity contribution in [3.8, 4) is 5.75 Å². The third-order valence-corrected chi connectivity index (χ3v) is 5.04. The fourth-order valence-electron chi connectivity index (χ4n) is 1.68. The van der Waals surface area contributed by atoms with Crippen molar-refractivity contribution in [1.82, 2.24) is 4.72 Å². The van der Waals surface area contributed by atoms with Crippen LogP contribution in [0.4, 0.5) is 0 Å². The van der Waals surface area contributed by atoms with E-state index >= 15 is 0 Å². The topological polar surface area (TPSA) is 75.6 Å². The van der Waals surface area contributed by atoms with Crippen molar-refractivity contribution < 1.29 is 18.3 Å². The van der Waals surface area contributed by atoms with Crippen LogP contribution < -0.4 is 9.46 Å². The van der Waals surface area contributed by atoms with Crippen LogP contribution in [0.3, 0.4) is 0 Å². The molecule has 0 saturated carbocycles. The van der Waals surface area contributed by atoms with Gasteiger partial charge in [0.15, 0.2) is 0 Å². The Balaban J connectivity index is 2.97. The van der Waals surface area contributed by atoms with Gasteiger partial charge in [-0.1, -0.05) is 6.07 Å². The van der Waals surface area contributed by atoms with Gasteiger partial charge in [-0.15, -0.1) is 0 Å². The number of nitrogens with one attached hydrogen (secondary N) is 1. The van der Waals surface area contributed by atoms with Gasteiger partial charge in [-0.2, -0.15) is 11.8 Å². The molecule has 0 bridgehead atoms. The van der Waals surface area contributed by atoms with E-state index in [1.807, 2.05) is 13.2 Å². The second-order valence-corrected chi connectivity index (χ2v) is 7.51. The van der Waals surface area contributed by atoms with Crippen LogP contribution in [0.25, 0.3) is 0 Å². The van der Waals surface area contributed by atoms with Gasteiger partial charge >= 0.3 is 0 Å². The molecule has 2 N–H and O–H groups in total. The zero-order chi connectivity index (χ0) is 15.4. The zero-order valence-electron chi connectivity index (χ0n) is 12.1. The van der Waals surface area contributed by atoms with Gasteiger partial charge in [-0.3, -0.25) is 0 Å². The molecule has 0 aromatic heterocycles. The van der Waals surface area contributed by atoms with Gasteiger partial charge in [0.25, 0.3) is 0 Å². The third kappa shape index (κ3) is 4.66. The highest BCUT2D eigenvalue weighted by Crippen LogP contribution is 2.24. The quantitative estimate of drug-likeness (QED) is 0.794. The van der Waals surface area contributed by atoms with E-state index in [1.165, 1.54) is 18.9 Å². The largest absolute Gasteiger partial charge is 0.495 e. The summed E-state index contributed by atoms with van der Waals surface area (Å²) in [4.78, 5) is 0.0833. The van der Waals surface area contributed by atoms with Gasteiger partial charge in [-0.25, -0.2) is 13.1 Å². The molecule has 0 heterocycles. The Morgan fingerprint density at radius 2 is 2.10 bits per heavy atom. The lowest BCUT2D eigenvalue weighted by molar-refractivity contribution is 0.0908. The maximum absolute atomic E-state index is 12.3. The van der Waals surface area contributed by atoms with E-state index < -0.39 is 15.6 Å². The first-order valence-corrected chi connectivity index (χ1v) is 8.95. The van der Waals surface area contributed by atoms with E-state index in [4.69, 9.17) is 4.74 Å². The number of rotatable bonds is 7. The van der Waals surface area contributed by atoms with Gasteiger partial charge in [0.05, 0.1) is 12.7 Å². The highest BCUT2D eigenvalue weighted by molar-refractivity contribution is 7.98. The lowest BCUT2D eigenvalue weighted by Crippen LogP contribution is -2.42. The summed E-state index contributed by atoms with van der Waals surface area (Å²) >= 11 is 1.46. The molecule has 5 nitrogen and oxygen atoms in total. The minimum Gasteiger partial charge on any atom is -0.495 e. The summed E-state index contributed by atoms with van der Waals surface area (Å²) in [5, 5.41) is 10.0. The first-order valence-electron chi connectivity index (χ1n) is 6.07. The molecular formula is C13H21NO4S2. The van der Waals surface area contributed by atoms with E-state index in [0.29, 0.717) is 5.75 Å². The number of benzene rings is 1. The van der Waals surface area contributed by atoms with Crippen molar-refractivity contribution in [2.45, 2.75) is 24.3 Å². The fraction of sp³-hybridized carbons (Fsp3) is 0.538. The first-order chi connectivity index (χ1) is 9.22. The molecule has 1 atom stereocenters. The van der Waals surface area contributed by atoms with Crippen LogP contribution in [0.15, 0.2) is 23.1 Å².